The lowest BCUT2D eigenvalue weighted by Gasteiger charge is -2.14. The van der Waals surface area contributed by atoms with E-state index < -0.39 is 0 Å². The molecule has 0 bridgehead atoms. The molecule has 1 saturated carbocycles. The lowest BCUT2D eigenvalue weighted by molar-refractivity contribution is 0.413. The van der Waals surface area contributed by atoms with Gasteiger partial charge in [0.15, 0.2) is 0 Å². The molecule has 0 amide bonds. The average molecular weight is 219 g/mol. The van der Waals surface area contributed by atoms with E-state index in [9.17, 15) is 0 Å². The van der Waals surface area contributed by atoms with E-state index in [1.165, 1.54) is 11.1 Å². The van der Waals surface area contributed by atoms with Crippen molar-refractivity contribution in [2.75, 3.05) is 7.11 Å². The molecule has 1 aromatic rings. The molecule has 0 heterocycles. The molecule has 0 spiro atoms. The number of hydrogen-bond acceptors (Lipinski definition) is 2. The molecule has 2 heteroatoms. The third kappa shape index (κ3) is 2.56. The van der Waals surface area contributed by atoms with E-state index in [-0.39, 0.29) is 5.54 Å². The molecule has 2 nitrogen and oxygen atoms in total. The highest BCUT2D eigenvalue weighted by Crippen LogP contribution is 2.36. The van der Waals surface area contributed by atoms with Crippen molar-refractivity contribution in [1.82, 2.24) is 0 Å². The Morgan fingerprint density at radius 3 is 2.50 bits per heavy atom. The molecule has 2 N–H and O–H groups in total. The van der Waals surface area contributed by atoms with Crippen LogP contribution >= 0.6 is 0 Å². The van der Waals surface area contributed by atoms with Gasteiger partial charge in [0.25, 0.3) is 0 Å². The van der Waals surface area contributed by atoms with Gasteiger partial charge in [-0.1, -0.05) is 19.9 Å². The van der Waals surface area contributed by atoms with Gasteiger partial charge in [-0.05, 0) is 48.4 Å². The zero-order valence-corrected chi connectivity index (χ0v) is 10.4. The highest BCUT2D eigenvalue weighted by Gasteiger charge is 2.38. The zero-order valence-electron chi connectivity index (χ0n) is 10.4. The first-order chi connectivity index (χ1) is 7.52. The fourth-order valence-corrected chi connectivity index (χ4v) is 1.98. The van der Waals surface area contributed by atoms with E-state index in [1.54, 1.807) is 7.11 Å². The van der Waals surface area contributed by atoms with Gasteiger partial charge in [-0.2, -0.15) is 0 Å². The molecule has 1 aliphatic rings. The van der Waals surface area contributed by atoms with Gasteiger partial charge in [0.2, 0.25) is 0 Å². The first-order valence-electron chi connectivity index (χ1n) is 5.99. The van der Waals surface area contributed by atoms with Gasteiger partial charge in [0.05, 0.1) is 7.11 Å². The van der Waals surface area contributed by atoms with Gasteiger partial charge >= 0.3 is 0 Å². The molecule has 1 aromatic carbocycles. The predicted molar refractivity (Wildman–Crippen MR) is 66.9 cm³/mol. The van der Waals surface area contributed by atoms with Crippen LogP contribution in [0.15, 0.2) is 18.2 Å². The van der Waals surface area contributed by atoms with Crippen LogP contribution in [-0.4, -0.2) is 12.6 Å². The number of rotatable bonds is 4. The van der Waals surface area contributed by atoms with Crippen LogP contribution in [0, 0.1) is 0 Å². The normalized spacial score (nSPS) is 17.6. The largest absolute Gasteiger partial charge is 0.497 e. The fourth-order valence-electron chi connectivity index (χ4n) is 1.98. The number of methoxy groups -OCH3 is 1. The highest BCUT2D eigenvalue weighted by atomic mass is 16.5. The maximum absolute atomic E-state index is 6.16. The summed E-state index contributed by atoms with van der Waals surface area (Å²) in [4.78, 5) is 0. The van der Waals surface area contributed by atoms with Crippen molar-refractivity contribution in [3.63, 3.8) is 0 Å². The van der Waals surface area contributed by atoms with Crippen molar-refractivity contribution in [3.8, 4) is 5.75 Å². The standard InChI is InChI=1S/C14H21NO/c1-10(2)12-6-11(7-13(8-12)16-3)9-14(15)4-5-14/h6-8,10H,4-5,9,15H2,1-3H3. The number of ether oxygens (including phenoxy) is 1. The Bertz CT molecular complexity index is 380. The first kappa shape index (κ1) is 11.5. The Hall–Kier alpha value is -1.02. The van der Waals surface area contributed by atoms with E-state index in [0.717, 1.165) is 25.0 Å². The molecule has 2 rings (SSSR count). The molecule has 0 saturated heterocycles. The molecule has 0 atom stereocenters. The SMILES string of the molecule is COc1cc(CC2(N)CC2)cc(C(C)C)c1. The van der Waals surface area contributed by atoms with Crippen molar-refractivity contribution in [1.29, 1.82) is 0 Å². The van der Waals surface area contributed by atoms with E-state index >= 15 is 0 Å². The van der Waals surface area contributed by atoms with E-state index in [4.69, 9.17) is 10.5 Å². The third-order valence-electron chi connectivity index (χ3n) is 3.34. The average Bonchev–Trinajstić information content (AvgIpc) is 2.95. The molecule has 0 aliphatic heterocycles. The molecule has 88 valence electrons. The summed E-state index contributed by atoms with van der Waals surface area (Å²) < 4.78 is 5.34. The van der Waals surface area contributed by atoms with Crippen LogP contribution in [0.4, 0.5) is 0 Å². The van der Waals surface area contributed by atoms with Crippen LogP contribution in [-0.2, 0) is 6.42 Å². The van der Waals surface area contributed by atoms with E-state index in [0.29, 0.717) is 5.92 Å². The topological polar surface area (TPSA) is 35.2 Å². The van der Waals surface area contributed by atoms with Crippen molar-refractivity contribution in [3.05, 3.63) is 29.3 Å². The summed E-state index contributed by atoms with van der Waals surface area (Å²) >= 11 is 0. The smallest absolute Gasteiger partial charge is 0.119 e. The van der Waals surface area contributed by atoms with Crippen LogP contribution in [0.3, 0.4) is 0 Å². The molecular formula is C14H21NO. The number of hydrogen-bond donors (Lipinski definition) is 1. The van der Waals surface area contributed by atoms with Crippen molar-refractivity contribution >= 4 is 0 Å². The lowest BCUT2D eigenvalue weighted by Crippen LogP contribution is -2.24. The van der Waals surface area contributed by atoms with Gasteiger partial charge < -0.3 is 10.5 Å². The first-order valence-corrected chi connectivity index (χ1v) is 5.99. The van der Waals surface area contributed by atoms with E-state index in [1.807, 2.05) is 0 Å². The Morgan fingerprint density at radius 1 is 1.31 bits per heavy atom. The van der Waals surface area contributed by atoms with Crippen LogP contribution in [0.2, 0.25) is 0 Å². The van der Waals surface area contributed by atoms with Crippen LogP contribution < -0.4 is 10.5 Å². The molecule has 1 aliphatic carbocycles. The molecule has 0 aromatic heterocycles. The summed E-state index contributed by atoms with van der Waals surface area (Å²) in [6.45, 7) is 4.40. The summed E-state index contributed by atoms with van der Waals surface area (Å²) in [6.07, 6.45) is 3.28. The van der Waals surface area contributed by atoms with Crippen molar-refractivity contribution < 1.29 is 4.74 Å². The maximum atomic E-state index is 6.16. The quantitative estimate of drug-likeness (QED) is 0.845. The summed E-state index contributed by atoms with van der Waals surface area (Å²) in [5, 5.41) is 0. The summed E-state index contributed by atoms with van der Waals surface area (Å²) in [5.74, 6) is 1.48. The third-order valence-corrected chi connectivity index (χ3v) is 3.34. The second-order valence-corrected chi connectivity index (χ2v) is 5.31. The Labute approximate surface area is 97.8 Å². The molecule has 1 fully saturated rings. The van der Waals surface area contributed by atoms with Crippen molar-refractivity contribution in [2.24, 2.45) is 5.73 Å². The second kappa shape index (κ2) is 4.10. The monoisotopic (exact) mass is 219 g/mol. The molecule has 16 heavy (non-hydrogen) atoms. The highest BCUT2D eigenvalue weighted by molar-refractivity contribution is 5.37. The summed E-state index contributed by atoms with van der Waals surface area (Å²) in [6, 6.07) is 6.49. The minimum absolute atomic E-state index is 0.0701. The van der Waals surface area contributed by atoms with Crippen LogP contribution in [0.5, 0.6) is 5.75 Å². The van der Waals surface area contributed by atoms with Gasteiger partial charge in [-0.15, -0.1) is 0 Å². The maximum Gasteiger partial charge on any atom is 0.119 e. The number of benzene rings is 1. The van der Waals surface area contributed by atoms with Gasteiger partial charge in [0, 0.05) is 5.54 Å². The summed E-state index contributed by atoms with van der Waals surface area (Å²) in [5.41, 5.74) is 8.87. The van der Waals surface area contributed by atoms with Crippen LogP contribution in [0.25, 0.3) is 0 Å². The Balaban J connectivity index is 2.25. The fraction of sp³-hybridized carbons (Fsp3) is 0.571. The van der Waals surface area contributed by atoms with Gasteiger partial charge in [0.1, 0.15) is 5.75 Å². The molecule has 0 unspecified atom stereocenters. The minimum atomic E-state index is 0.0701. The van der Waals surface area contributed by atoms with E-state index in [2.05, 4.69) is 32.0 Å². The number of nitrogens with two attached hydrogens (primary N) is 1. The zero-order chi connectivity index (χ0) is 11.8. The molecule has 0 radical (unpaired) electrons. The van der Waals surface area contributed by atoms with Crippen molar-refractivity contribution in [2.45, 2.75) is 44.6 Å². The second-order valence-electron chi connectivity index (χ2n) is 5.31. The Kier molecular flexibility index (Phi) is 2.94. The van der Waals surface area contributed by atoms with Gasteiger partial charge in [-0.25, -0.2) is 0 Å². The minimum Gasteiger partial charge on any atom is -0.497 e. The lowest BCUT2D eigenvalue weighted by atomic mass is 9.97. The molecular weight excluding hydrogens is 198 g/mol. The van der Waals surface area contributed by atoms with Crippen LogP contribution in [0.1, 0.15) is 43.7 Å². The predicted octanol–water partition coefficient (Wildman–Crippen LogP) is 2.85. The summed E-state index contributed by atoms with van der Waals surface area (Å²) in [7, 11) is 1.72. The van der Waals surface area contributed by atoms with Gasteiger partial charge in [-0.3, -0.25) is 0 Å². The Morgan fingerprint density at radius 2 is 2.00 bits per heavy atom.